The lowest BCUT2D eigenvalue weighted by Gasteiger charge is -2.44. The van der Waals surface area contributed by atoms with Crippen LogP contribution in [-0.2, 0) is 16.0 Å². The third kappa shape index (κ3) is 3.90. The topological polar surface area (TPSA) is 66.4 Å². The van der Waals surface area contributed by atoms with Crippen molar-refractivity contribution in [2.75, 3.05) is 0 Å². The quantitative estimate of drug-likeness (QED) is 0.536. The summed E-state index contributed by atoms with van der Waals surface area (Å²) in [6, 6.07) is 10.0. The van der Waals surface area contributed by atoms with Gasteiger partial charge >= 0.3 is 0 Å². The fourth-order valence-electron chi connectivity index (χ4n) is 6.21. The molecule has 1 fully saturated rings. The first-order chi connectivity index (χ1) is 15.1. The number of carbonyl (C=O) groups excluding carboxylic acids is 2. The predicted molar refractivity (Wildman–Crippen MR) is 127 cm³/mol. The Labute approximate surface area is 191 Å². The Kier molecular flexibility index (Phi) is 6.02. The molecular weight excluding hydrogens is 398 g/mol. The van der Waals surface area contributed by atoms with Gasteiger partial charge in [0.25, 0.3) is 0 Å². The molecule has 1 heterocycles. The zero-order valence-corrected chi connectivity index (χ0v) is 19.5. The van der Waals surface area contributed by atoms with Gasteiger partial charge in [-0.15, -0.1) is 0 Å². The van der Waals surface area contributed by atoms with E-state index in [4.69, 9.17) is 0 Å². The fraction of sp³-hybridized carbons (Fsp3) is 0.500. The molecule has 3 aliphatic rings. The average molecular weight is 434 g/mol. The number of rotatable bonds is 2. The molecule has 0 bridgehead atoms. The maximum Gasteiger partial charge on any atom is 0.235 e. The Balaban J connectivity index is 1.84. The molecule has 7 unspecified atom stereocenters. The number of carbonyl (C=O) groups is 2. The van der Waals surface area contributed by atoms with E-state index in [1.807, 2.05) is 18.2 Å². The Bertz CT molecular complexity index is 974. The second-order valence-corrected chi connectivity index (χ2v) is 10.4. The molecule has 0 radical (unpaired) electrons. The van der Waals surface area contributed by atoms with Crippen molar-refractivity contribution in [1.82, 2.24) is 5.32 Å². The van der Waals surface area contributed by atoms with Crippen molar-refractivity contribution in [3.8, 4) is 0 Å². The standard InChI is InChI=1S/C28H35NO3/c1-18-9-8-12-22-15-19(2)20(3)25-23(16-21-10-6-5-7-11-21)29-26(31)28(22,25)24(30)13-14-27(4,32)17-18/h5-8,10-15,18,20,22-23,25,32H,9,16-17H2,1-4H3,(H,29,31). The molecule has 4 rings (SSSR count). The highest BCUT2D eigenvalue weighted by atomic mass is 16.3. The Hall–Kier alpha value is -2.46. The summed E-state index contributed by atoms with van der Waals surface area (Å²) in [7, 11) is 0. The van der Waals surface area contributed by atoms with Gasteiger partial charge in [0.1, 0.15) is 5.41 Å². The van der Waals surface area contributed by atoms with Crippen molar-refractivity contribution < 1.29 is 14.7 Å². The van der Waals surface area contributed by atoms with Crippen LogP contribution in [0.3, 0.4) is 0 Å². The summed E-state index contributed by atoms with van der Waals surface area (Å²) in [5, 5.41) is 14.1. The number of benzene rings is 1. The van der Waals surface area contributed by atoms with Gasteiger partial charge in [-0.1, -0.05) is 68.0 Å². The minimum atomic E-state index is -1.19. The molecule has 2 aliphatic carbocycles. The third-order valence-electron chi connectivity index (χ3n) is 7.82. The Morgan fingerprint density at radius 1 is 1.16 bits per heavy atom. The fourth-order valence-corrected chi connectivity index (χ4v) is 6.21. The van der Waals surface area contributed by atoms with Gasteiger partial charge in [0, 0.05) is 17.9 Å². The molecular formula is C28H35NO3. The maximum atomic E-state index is 13.9. The van der Waals surface area contributed by atoms with E-state index in [0.717, 1.165) is 12.0 Å². The Morgan fingerprint density at radius 2 is 1.88 bits per heavy atom. The van der Waals surface area contributed by atoms with E-state index in [1.165, 1.54) is 11.6 Å². The van der Waals surface area contributed by atoms with Gasteiger partial charge in [0.05, 0.1) is 5.60 Å². The van der Waals surface area contributed by atoms with Crippen LogP contribution in [0.4, 0.5) is 0 Å². The van der Waals surface area contributed by atoms with E-state index in [0.29, 0.717) is 12.8 Å². The number of hydrogen-bond donors (Lipinski definition) is 2. The second-order valence-electron chi connectivity index (χ2n) is 10.4. The molecule has 1 amide bonds. The van der Waals surface area contributed by atoms with Gasteiger partial charge in [0.2, 0.25) is 5.91 Å². The molecule has 1 aromatic rings. The summed E-state index contributed by atoms with van der Waals surface area (Å²) in [5.41, 5.74) is 0.105. The molecule has 2 N–H and O–H groups in total. The molecule has 1 aromatic carbocycles. The summed E-state index contributed by atoms with van der Waals surface area (Å²) in [6.07, 6.45) is 11.4. The van der Waals surface area contributed by atoms with Crippen LogP contribution in [0.15, 0.2) is 66.3 Å². The van der Waals surface area contributed by atoms with E-state index in [1.54, 1.807) is 13.0 Å². The summed E-state index contributed by atoms with van der Waals surface area (Å²) in [6.45, 7) is 8.09. The lowest BCUT2D eigenvalue weighted by molar-refractivity contribution is -0.142. The van der Waals surface area contributed by atoms with Crippen molar-refractivity contribution in [2.45, 2.75) is 58.6 Å². The van der Waals surface area contributed by atoms with Crippen molar-refractivity contribution in [3.05, 3.63) is 71.8 Å². The van der Waals surface area contributed by atoms with Crippen LogP contribution in [0.25, 0.3) is 0 Å². The molecule has 170 valence electrons. The van der Waals surface area contributed by atoms with Crippen LogP contribution >= 0.6 is 0 Å². The van der Waals surface area contributed by atoms with Crippen molar-refractivity contribution in [1.29, 1.82) is 0 Å². The summed E-state index contributed by atoms with van der Waals surface area (Å²) < 4.78 is 0. The zero-order chi connectivity index (χ0) is 23.1. The van der Waals surface area contributed by atoms with Crippen LogP contribution < -0.4 is 5.32 Å². The maximum absolute atomic E-state index is 13.9. The van der Waals surface area contributed by atoms with E-state index in [9.17, 15) is 14.7 Å². The molecule has 4 heteroatoms. The van der Waals surface area contributed by atoms with Gasteiger partial charge < -0.3 is 10.4 Å². The van der Waals surface area contributed by atoms with Crippen LogP contribution in [-0.4, -0.2) is 28.4 Å². The van der Waals surface area contributed by atoms with Crippen LogP contribution in [0.5, 0.6) is 0 Å². The van der Waals surface area contributed by atoms with Crippen molar-refractivity contribution in [3.63, 3.8) is 0 Å². The number of allylic oxidation sites excluding steroid dienone is 5. The van der Waals surface area contributed by atoms with E-state index in [2.05, 4.69) is 56.4 Å². The van der Waals surface area contributed by atoms with Gasteiger partial charge in [-0.05, 0) is 62.7 Å². The van der Waals surface area contributed by atoms with Crippen LogP contribution in [0.2, 0.25) is 0 Å². The second kappa shape index (κ2) is 8.47. The number of amides is 1. The van der Waals surface area contributed by atoms with Crippen LogP contribution in [0.1, 0.15) is 46.1 Å². The largest absolute Gasteiger partial charge is 0.386 e. The first-order valence-corrected chi connectivity index (χ1v) is 11.8. The predicted octanol–water partition coefficient (Wildman–Crippen LogP) is 4.40. The molecule has 1 aliphatic heterocycles. The van der Waals surface area contributed by atoms with E-state index >= 15 is 0 Å². The Morgan fingerprint density at radius 3 is 2.59 bits per heavy atom. The SMILES string of the molecule is CC1=CC2C=CCC(C)CC(C)(O)C=CC(=O)C23C(=O)NC(Cc2ccccc2)C3C1C. The van der Waals surface area contributed by atoms with Gasteiger partial charge in [0.15, 0.2) is 5.78 Å². The molecule has 1 saturated heterocycles. The van der Waals surface area contributed by atoms with Crippen LogP contribution in [0, 0.1) is 29.1 Å². The minimum Gasteiger partial charge on any atom is -0.386 e. The highest BCUT2D eigenvalue weighted by molar-refractivity contribution is 6.13. The third-order valence-corrected chi connectivity index (χ3v) is 7.82. The monoisotopic (exact) mass is 433 g/mol. The lowest BCUT2D eigenvalue weighted by Crippen LogP contribution is -2.52. The summed E-state index contributed by atoms with van der Waals surface area (Å²) in [4.78, 5) is 27.6. The van der Waals surface area contributed by atoms with Crippen molar-refractivity contribution in [2.24, 2.45) is 29.1 Å². The molecule has 4 nitrogen and oxygen atoms in total. The summed E-state index contributed by atoms with van der Waals surface area (Å²) in [5.74, 6) is -0.478. The molecule has 7 atom stereocenters. The van der Waals surface area contributed by atoms with E-state index in [-0.39, 0.29) is 41.4 Å². The van der Waals surface area contributed by atoms with E-state index < -0.39 is 11.0 Å². The van der Waals surface area contributed by atoms with Gasteiger partial charge in [-0.25, -0.2) is 0 Å². The minimum absolute atomic E-state index is 0.0919. The normalized spacial score (nSPS) is 39.5. The zero-order valence-electron chi connectivity index (χ0n) is 19.5. The number of ketones is 1. The number of nitrogens with one attached hydrogen (secondary N) is 1. The summed E-state index contributed by atoms with van der Waals surface area (Å²) >= 11 is 0. The lowest BCUT2D eigenvalue weighted by atomic mass is 9.55. The highest BCUT2D eigenvalue weighted by Gasteiger charge is 2.64. The first kappa shape index (κ1) is 22.7. The molecule has 1 spiro atoms. The smallest absolute Gasteiger partial charge is 0.235 e. The first-order valence-electron chi connectivity index (χ1n) is 11.8. The van der Waals surface area contributed by atoms with Gasteiger partial charge in [-0.2, -0.15) is 0 Å². The highest BCUT2D eigenvalue weighted by Crippen LogP contribution is 2.54. The number of hydrogen-bond acceptors (Lipinski definition) is 3. The average Bonchev–Trinajstić information content (AvgIpc) is 3.02. The number of aliphatic hydroxyl groups is 1. The molecule has 32 heavy (non-hydrogen) atoms. The van der Waals surface area contributed by atoms with Crippen molar-refractivity contribution >= 4 is 11.7 Å². The molecule has 0 saturated carbocycles. The van der Waals surface area contributed by atoms with Gasteiger partial charge in [-0.3, -0.25) is 9.59 Å². The molecule has 0 aromatic heterocycles.